The Kier molecular flexibility index (Phi) is 7.82. The summed E-state index contributed by atoms with van der Waals surface area (Å²) in [5.74, 6) is 0.797. The molecule has 102 valence electrons. The highest BCUT2D eigenvalue weighted by Gasteiger charge is 2.24. The molecule has 0 aliphatic carbocycles. The molecule has 0 amide bonds. The summed E-state index contributed by atoms with van der Waals surface area (Å²) in [6, 6.07) is 0.467. The van der Waals surface area contributed by atoms with E-state index in [0.29, 0.717) is 6.04 Å². The Morgan fingerprint density at radius 1 is 1.24 bits per heavy atom. The second-order valence-corrected chi connectivity index (χ2v) is 5.37. The maximum atomic E-state index is 5.81. The van der Waals surface area contributed by atoms with Crippen LogP contribution in [0.4, 0.5) is 0 Å². The Balaban J connectivity index is 2.30. The van der Waals surface area contributed by atoms with Crippen LogP contribution in [-0.2, 0) is 9.47 Å². The number of rotatable bonds is 8. The molecule has 1 saturated heterocycles. The lowest BCUT2D eigenvalue weighted by atomic mass is 9.99. The molecule has 2 unspecified atom stereocenters. The molecule has 0 spiro atoms. The fourth-order valence-electron chi connectivity index (χ4n) is 2.23. The first-order chi connectivity index (χ1) is 8.24. The van der Waals surface area contributed by atoms with Crippen LogP contribution in [0.1, 0.15) is 46.5 Å². The zero-order valence-electron chi connectivity index (χ0n) is 11.7. The number of hydrogen-bond acceptors (Lipinski definition) is 3. The van der Waals surface area contributed by atoms with E-state index in [1.165, 1.54) is 25.7 Å². The van der Waals surface area contributed by atoms with Crippen LogP contribution < -0.4 is 5.32 Å². The minimum absolute atomic E-state index is 0.252. The third-order valence-electron chi connectivity index (χ3n) is 3.24. The Labute approximate surface area is 106 Å². The Morgan fingerprint density at radius 2 is 2.06 bits per heavy atom. The van der Waals surface area contributed by atoms with Gasteiger partial charge in [-0.15, -0.1) is 0 Å². The molecule has 3 nitrogen and oxygen atoms in total. The molecule has 3 heteroatoms. The lowest BCUT2D eigenvalue weighted by Crippen LogP contribution is -2.46. The molecule has 0 aromatic carbocycles. The highest BCUT2D eigenvalue weighted by Crippen LogP contribution is 2.14. The molecule has 1 N–H and O–H groups in total. The molecule has 0 aromatic heterocycles. The van der Waals surface area contributed by atoms with Gasteiger partial charge in [0, 0.05) is 6.04 Å². The monoisotopic (exact) mass is 243 g/mol. The topological polar surface area (TPSA) is 30.5 Å². The normalized spacial score (nSPS) is 22.9. The molecule has 0 saturated carbocycles. The first kappa shape index (κ1) is 14.9. The maximum Gasteiger partial charge on any atom is 0.0962 e. The van der Waals surface area contributed by atoms with Gasteiger partial charge >= 0.3 is 0 Å². The minimum Gasteiger partial charge on any atom is -0.376 e. The van der Waals surface area contributed by atoms with Crippen molar-refractivity contribution in [1.82, 2.24) is 5.32 Å². The standard InChI is InChI=1S/C14H29NO2/c1-4-8-15-13(7-5-6-12(2)3)14-11-16-9-10-17-14/h12-15H,4-11H2,1-3H3. The summed E-state index contributed by atoms with van der Waals surface area (Å²) in [7, 11) is 0. The van der Waals surface area contributed by atoms with Crippen molar-refractivity contribution in [2.45, 2.75) is 58.6 Å². The molecular formula is C14H29NO2. The van der Waals surface area contributed by atoms with Gasteiger partial charge in [0.05, 0.1) is 25.9 Å². The van der Waals surface area contributed by atoms with Gasteiger partial charge in [-0.05, 0) is 25.3 Å². The van der Waals surface area contributed by atoms with Crippen LogP contribution in [0.2, 0.25) is 0 Å². The molecule has 1 aliphatic rings. The van der Waals surface area contributed by atoms with E-state index in [4.69, 9.17) is 9.47 Å². The molecule has 1 fully saturated rings. The van der Waals surface area contributed by atoms with Crippen molar-refractivity contribution in [3.63, 3.8) is 0 Å². The van der Waals surface area contributed by atoms with Gasteiger partial charge < -0.3 is 14.8 Å². The number of nitrogens with one attached hydrogen (secondary N) is 1. The minimum atomic E-state index is 0.252. The molecule has 1 rings (SSSR count). The molecule has 2 atom stereocenters. The lowest BCUT2D eigenvalue weighted by molar-refractivity contribution is -0.102. The first-order valence-electron chi connectivity index (χ1n) is 7.16. The molecule has 1 heterocycles. The van der Waals surface area contributed by atoms with E-state index >= 15 is 0 Å². The van der Waals surface area contributed by atoms with Crippen LogP contribution in [-0.4, -0.2) is 38.5 Å². The third kappa shape index (κ3) is 6.39. The van der Waals surface area contributed by atoms with Gasteiger partial charge in [-0.25, -0.2) is 0 Å². The summed E-state index contributed by atoms with van der Waals surface area (Å²) in [5, 5.41) is 3.61. The quantitative estimate of drug-likeness (QED) is 0.711. The van der Waals surface area contributed by atoms with Crippen molar-refractivity contribution in [1.29, 1.82) is 0 Å². The van der Waals surface area contributed by atoms with Crippen LogP contribution in [0.3, 0.4) is 0 Å². The van der Waals surface area contributed by atoms with Crippen molar-refractivity contribution in [3.05, 3.63) is 0 Å². The van der Waals surface area contributed by atoms with Crippen molar-refractivity contribution in [2.75, 3.05) is 26.4 Å². The largest absolute Gasteiger partial charge is 0.376 e. The van der Waals surface area contributed by atoms with Gasteiger partial charge in [-0.1, -0.05) is 33.6 Å². The highest BCUT2D eigenvalue weighted by atomic mass is 16.6. The fraction of sp³-hybridized carbons (Fsp3) is 1.00. The Morgan fingerprint density at radius 3 is 2.65 bits per heavy atom. The third-order valence-corrected chi connectivity index (χ3v) is 3.24. The summed E-state index contributed by atoms with van der Waals surface area (Å²) in [4.78, 5) is 0. The summed E-state index contributed by atoms with van der Waals surface area (Å²) in [6.07, 6.45) is 5.21. The first-order valence-corrected chi connectivity index (χ1v) is 7.16. The summed E-state index contributed by atoms with van der Waals surface area (Å²) in [5.41, 5.74) is 0. The van der Waals surface area contributed by atoms with Gasteiger partial charge in [0.2, 0.25) is 0 Å². The van der Waals surface area contributed by atoms with Crippen LogP contribution in [0.25, 0.3) is 0 Å². The van der Waals surface area contributed by atoms with E-state index in [1.807, 2.05) is 0 Å². The van der Waals surface area contributed by atoms with Crippen LogP contribution in [0, 0.1) is 5.92 Å². The number of ether oxygens (including phenoxy) is 2. The zero-order chi connectivity index (χ0) is 12.5. The van der Waals surface area contributed by atoms with Crippen LogP contribution in [0.5, 0.6) is 0 Å². The van der Waals surface area contributed by atoms with E-state index in [0.717, 1.165) is 32.3 Å². The average Bonchev–Trinajstić information content (AvgIpc) is 2.34. The molecule has 0 bridgehead atoms. The van der Waals surface area contributed by atoms with Crippen molar-refractivity contribution in [3.8, 4) is 0 Å². The smallest absolute Gasteiger partial charge is 0.0962 e. The van der Waals surface area contributed by atoms with E-state index in [9.17, 15) is 0 Å². The van der Waals surface area contributed by atoms with Crippen LogP contribution >= 0.6 is 0 Å². The Hall–Kier alpha value is -0.120. The second kappa shape index (κ2) is 8.90. The van der Waals surface area contributed by atoms with E-state index in [2.05, 4.69) is 26.1 Å². The van der Waals surface area contributed by atoms with Crippen LogP contribution in [0.15, 0.2) is 0 Å². The summed E-state index contributed by atoms with van der Waals surface area (Å²) in [6.45, 7) is 10.1. The summed E-state index contributed by atoms with van der Waals surface area (Å²) < 4.78 is 11.3. The fourth-order valence-corrected chi connectivity index (χ4v) is 2.23. The van der Waals surface area contributed by atoms with E-state index < -0.39 is 0 Å². The van der Waals surface area contributed by atoms with Crippen molar-refractivity contribution >= 4 is 0 Å². The van der Waals surface area contributed by atoms with Gasteiger partial charge in [0.25, 0.3) is 0 Å². The highest BCUT2D eigenvalue weighted by molar-refractivity contribution is 4.78. The molecule has 0 aromatic rings. The maximum absolute atomic E-state index is 5.81. The van der Waals surface area contributed by atoms with Gasteiger partial charge in [0.1, 0.15) is 0 Å². The second-order valence-electron chi connectivity index (χ2n) is 5.37. The SMILES string of the molecule is CCCNC(CCCC(C)C)C1COCCO1. The van der Waals surface area contributed by atoms with E-state index in [-0.39, 0.29) is 6.10 Å². The number of hydrogen-bond donors (Lipinski definition) is 1. The van der Waals surface area contributed by atoms with Gasteiger partial charge in [-0.3, -0.25) is 0 Å². The van der Waals surface area contributed by atoms with Gasteiger partial charge in [0.15, 0.2) is 0 Å². The Bertz CT molecular complexity index is 179. The summed E-state index contributed by atoms with van der Waals surface area (Å²) >= 11 is 0. The molecule has 1 aliphatic heterocycles. The molecule has 0 radical (unpaired) electrons. The van der Waals surface area contributed by atoms with E-state index in [1.54, 1.807) is 0 Å². The van der Waals surface area contributed by atoms with Gasteiger partial charge in [-0.2, -0.15) is 0 Å². The lowest BCUT2D eigenvalue weighted by Gasteiger charge is -2.31. The van der Waals surface area contributed by atoms with Crippen molar-refractivity contribution in [2.24, 2.45) is 5.92 Å². The zero-order valence-corrected chi connectivity index (χ0v) is 11.7. The predicted octanol–water partition coefficient (Wildman–Crippen LogP) is 2.60. The molecular weight excluding hydrogens is 214 g/mol. The van der Waals surface area contributed by atoms with Crippen molar-refractivity contribution < 1.29 is 9.47 Å². The average molecular weight is 243 g/mol. The molecule has 17 heavy (non-hydrogen) atoms. The predicted molar refractivity (Wildman–Crippen MR) is 71.3 cm³/mol.